The number of aliphatic hydroxyl groups is 1. The molecule has 0 heterocycles. The van der Waals surface area contributed by atoms with Crippen molar-refractivity contribution < 1.29 is 9.84 Å². The van der Waals surface area contributed by atoms with Crippen LogP contribution >= 0.6 is 0 Å². The molecule has 2 nitrogen and oxygen atoms in total. The Hall–Kier alpha value is -0.340. The molecule has 0 aromatic carbocycles. The summed E-state index contributed by atoms with van der Waals surface area (Å²) in [7, 11) is 1.67. The first kappa shape index (κ1) is 11.7. The van der Waals surface area contributed by atoms with Crippen molar-refractivity contribution in [3.8, 4) is 0 Å². The van der Waals surface area contributed by atoms with E-state index in [-0.39, 0.29) is 12.2 Å². The molecular weight excluding hydrogens is 152 g/mol. The number of rotatable bonds is 6. The first-order valence-corrected chi connectivity index (χ1v) is 4.49. The minimum absolute atomic E-state index is 0.0949. The lowest BCUT2D eigenvalue weighted by atomic mass is 9.98. The second kappa shape index (κ2) is 6.21. The molecule has 0 aromatic heterocycles. The van der Waals surface area contributed by atoms with Gasteiger partial charge < -0.3 is 9.84 Å². The van der Waals surface area contributed by atoms with Crippen LogP contribution in [0.15, 0.2) is 12.7 Å². The fourth-order valence-electron chi connectivity index (χ4n) is 1.11. The van der Waals surface area contributed by atoms with Crippen molar-refractivity contribution in [3.05, 3.63) is 12.7 Å². The van der Waals surface area contributed by atoms with Gasteiger partial charge in [-0.2, -0.15) is 0 Å². The molecule has 0 spiro atoms. The van der Waals surface area contributed by atoms with Gasteiger partial charge in [-0.15, -0.1) is 6.58 Å². The molecule has 0 rings (SSSR count). The molecule has 12 heavy (non-hydrogen) atoms. The molecular formula is C10H20O2. The molecule has 0 fully saturated rings. The molecule has 0 aliphatic heterocycles. The van der Waals surface area contributed by atoms with E-state index in [0.29, 0.717) is 12.3 Å². The lowest BCUT2D eigenvalue weighted by Gasteiger charge is -2.21. The summed E-state index contributed by atoms with van der Waals surface area (Å²) in [5.41, 5.74) is 0. The lowest BCUT2D eigenvalue weighted by molar-refractivity contribution is 0.0239. The smallest absolute Gasteiger partial charge is 0.0655 e. The minimum Gasteiger partial charge on any atom is -0.393 e. The quantitative estimate of drug-likeness (QED) is 0.621. The van der Waals surface area contributed by atoms with Gasteiger partial charge >= 0.3 is 0 Å². The number of ether oxygens (including phenoxy) is 1. The van der Waals surface area contributed by atoms with E-state index < -0.39 is 0 Å². The summed E-state index contributed by atoms with van der Waals surface area (Å²) in [5.74, 6) is 0.302. The fourth-order valence-corrected chi connectivity index (χ4v) is 1.11. The molecule has 0 aromatic rings. The van der Waals surface area contributed by atoms with E-state index in [1.807, 2.05) is 19.9 Å². The largest absolute Gasteiger partial charge is 0.393 e. The molecule has 2 heteroatoms. The van der Waals surface area contributed by atoms with Gasteiger partial charge in [0.25, 0.3) is 0 Å². The average Bonchev–Trinajstić information content (AvgIpc) is 2.12. The van der Waals surface area contributed by atoms with Gasteiger partial charge in [0.2, 0.25) is 0 Å². The molecule has 72 valence electrons. The fraction of sp³-hybridized carbons (Fsp3) is 0.800. The Balaban J connectivity index is 3.89. The van der Waals surface area contributed by atoms with Crippen LogP contribution < -0.4 is 0 Å². The van der Waals surface area contributed by atoms with Crippen molar-refractivity contribution in [1.82, 2.24) is 0 Å². The van der Waals surface area contributed by atoms with Gasteiger partial charge in [0.05, 0.1) is 12.2 Å². The van der Waals surface area contributed by atoms with Gasteiger partial charge in [0, 0.05) is 19.4 Å². The summed E-state index contributed by atoms with van der Waals surface area (Å²) in [6.45, 7) is 7.71. The topological polar surface area (TPSA) is 29.5 Å². The summed E-state index contributed by atoms with van der Waals surface area (Å²) in [6, 6.07) is 0. The predicted molar refractivity (Wildman–Crippen MR) is 51.1 cm³/mol. The van der Waals surface area contributed by atoms with Crippen LogP contribution in [-0.4, -0.2) is 24.4 Å². The third kappa shape index (κ3) is 3.88. The maximum atomic E-state index is 9.39. The van der Waals surface area contributed by atoms with Gasteiger partial charge in [-0.05, 0) is 6.42 Å². The van der Waals surface area contributed by atoms with E-state index in [1.54, 1.807) is 7.11 Å². The van der Waals surface area contributed by atoms with Crippen LogP contribution in [-0.2, 0) is 4.74 Å². The molecule has 0 aliphatic carbocycles. The Kier molecular flexibility index (Phi) is 6.03. The van der Waals surface area contributed by atoms with Crippen molar-refractivity contribution in [1.29, 1.82) is 0 Å². The molecule has 0 radical (unpaired) electrons. The van der Waals surface area contributed by atoms with Gasteiger partial charge in [-0.1, -0.05) is 19.9 Å². The monoisotopic (exact) mass is 172 g/mol. The van der Waals surface area contributed by atoms with E-state index in [0.717, 1.165) is 6.42 Å². The molecule has 1 N–H and O–H groups in total. The number of hydrogen-bond donors (Lipinski definition) is 1. The van der Waals surface area contributed by atoms with Crippen LogP contribution in [0, 0.1) is 5.92 Å². The highest BCUT2D eigenvalue weighted by Gasteiger charge is 2.16. The van der Waals surface area contributed by atoms with Crippen LogP contribution in [0.5, 0.6) is 0 Å². The molecule has 0 saturated carbocycles. The Morgan fingerprint density at radius 3 is 2.50 bits per heavy atom. The van der Waals surface area contributed by atoms with Crippen molar-refractivity contribution in [3.63, 3.8) is 0 Å². The van der Waals surface area contributed by atoms with Crippen LogP contribution in [0.3, 0.4) is 0 Å². The first-order valence-electron chi connectivity index (χ1n) is 4.49. The van der Waals surface area contributed by atoms with E-state index in [1.165, 1.54) is 0 Å². The zero-order valence-corrected chi connectivity index (χ0v) is 8.29. The second-order valence-electron chi connectivity index (χ2n) is 3.17. The third-order valence-corrected chi connectivity index (χ3v) is 2.24. The van der Waals surface area contributed by atoms with Crippen LogP contribution in [0.4, 0.5) is 0 Å². The van der Waals surface area contributed by atoms with E-state index in [2.05, 4.69) is 6.58 Å². The van der Waals surface area contributed by atoms with Crippen molar-refractivity contribution >= 4 is 0 Å². The van der Waals surface area contributed by atoms with E-state index in [9.17, 15) is 5.11 Å². The molecule has 0 saturated heterocycles. The van der Waals surface area contributed by atoms with Crippen LogP contribution in [0.1, 0.15) is 26.7 Å². The highest BCUT2D eigenvalue weighted by Crippen LogP contribution is 2.14. The summed E-state index contributed by atoms with van der Waals surface area (Å²) in [5, 5.41) is 9.39. The van der Waals surface area contributed by atoms with E-state index >= 15 is 0 Å². The maximum absolute atomic E-state index is 9.39. The number of aliphatic hydroxyl groups excluding tert-OH is 1. The SMILES string of the molecule is C=C[C@H](C)[C@H](C[C@H](O)CC)OC. The van der Waals surface area contributed by atoms with Gasteiger partial charge in [0.15, 0.2) is 0 Å². The number of methoxy groups -OCH3 is 1. The summed E-state index contributed by atoms with van der Waals surface area (Å²) < 4.78 is 5.24. The van der Waals surface area contributed by atoms with Crippen molar-refractivity contribution in [2.24, 2.45) is 5.92 Å². The number of hydrogen-bond acceptors (Lipinski definition) is 2. The van der Waals surface area contributed by atoms with Gasteiger partial charge in [0.1, 0.15) is 0 Å². The third-order valence-electron chi connectivity index (χ3n) is 2.24. The Labute approximate surface area is 75.2 Å². The van der Waals surface area contributed by atoms with Crippen LogP contribution in [0.25, 0.3) is 0 Å². The Bertz CT molecular complexity index is 123. The highest BCUT2D eigenvalue weighted by atomic mass is 16.5. The Morgan fingerprint density at radius 1 is 1.58 bits per heavy atom. The molecule has 3 atom stereocenters. The van der Waals surface area contributed by atoms with E-state index in [4.69, 9.17) is 4.74 Å². The molecule has 0 aliphatic rings. The minimum atomic E-state index is -0.252. The lowest BCUT2D eigenvalue weighted by Crippen LogP contribution is -2.24. The van der Waals surface area contributed by atoms with Crippen molar-refractivity contribution in [2.45, 2.75) is 38.9 Å². The second-order valence-corrected chi connectivity index (χ2v) is 3.17. The van der Waals surface area contributed by atoms with Crippen molar-refractivity contribution in [2.75, 3.05) is 7.11 Å². The molecule has 0 unspecified atom stereocenters. The zero-order chi connectivity index (χ0) is 9.56. The van der Waals surface area contributed by atoms with Crippen LogP contribution in [0.2, 0.25) is 0 Å². The standard InChI is InChI=1S/C10H20O2/c1-5-8(3)10(12-4)7-9(11)6-2/h5,8-11H,1,6-7H2,2-4H3/t8-,9+,10-/m0/s1. The summed E-state index contributed by atoms with van der Waals surface area (Å²) in [4.78, 5) is 0. The molecule has 0 amide bonds. The molecule has 0 bridgehead atoms. The normalized spacial score (nSPS) is 18.3. The highest BCUT2D eigenvalue weighted by molar-refractivity contribution is 4.83. The zero-order valence-electron chi connectivity index (χ0n) is 8.29. The first-order chi connectivity index (χ1) is 5.65. The van der Waals surface area contributed by atoms with Gasteiger partial charge in [-0.3, -0.25) is 0 Å². The average molecular weight is 172 g/mol. The van der Waals surface area contributed by atoms with Gasteiger partial charge in [-0.25, -0.2) is 0 Å². The summed E-state index contributed by atoms with van der Waals surface area (Å²) >= 11 is 0. The Morgan fingerprint density at radius 2 is 2.17 bits per heavy atom. The summed E-state index contributed by atoms with van der Waals surface area (Å²) in [6.07, 6.45) is 3.18. The maximum Gasteiger partial charge on any atom is 0.0655 e. The predicted octanol–water partition coefficient (Wildman–Crippen LogP) is 1.98.